The first-order valence-corrected chi connectivity index (χ1v) is 14.5. The summed E-state index contributed by atoms with van der Waals surface area (Å²) in [4.78, 5) is 23.4. The summed E-state index contributed by atoms with van der Waals surface area (Å²) in [5, 5.41) is 10.5. The summed E-state index contributed by atoms with van der Waals surface area (Å²) < 4.78 is 15.9. The lowest BCUT2D eigenvalue weighted by molar-refractivity contribution is 0.112. The number of nitrogens with zero attached hydrogens (tertiary/aromatic N) is 1. The third-order valence-corrected chi connectivity index (χ3v) is 6.85. The number of pyridine rings is 1. The highest BCUT2D eigenvalue weighted by Gasteiger charge is 2.37. The normalized spacial score (nSPS) is 15.8. The van der Waals surface area contributed by atoms with Crippen LogP contribution < -0.4 is 22.3 Å². The second-order valence-corrected chi connectivity index (χ2v) is 9.05. The molecular formula is C31H52FN5O2. The Labute approximate surface area is 235 Å². The molecule has 1 heterocycles. The van der Waals surface area contributed by atoms with E-state index in [1.807, 2.05) is 53.8 Å². The van der Waals surface area contributed by atoms with E-state index in [1.54, 1.807) is 0 Å². The lowest BCUT2D eigenvalue weighted by Crippen LogP contribution is -2.30. The zero-order chi connectivity index (χ0) is 30.0. The molecule has 2 atom stereocenters. The average molecular weight is 546 g/mol. The Bertz CT molecular complexity index is 1070. The van der Waals surface area contributed by atoms with Gasteiger partial charge in [0.2, 0.25) is 0 Å². The number of benzene rings is 1. The van der Waals surface area contributed by atoms with Crippen LogP contribution >= 0.6 is 0 Å². The summed E-state index contributed by atoms with van der Waals surface area (Å²) in [6.07, 6.45) is 8.57. The first-order valence-electron chi connectivity index (χ1n) is 14.5. The molecule has 6 N–H and O–H groups in total. The van der Waals surface area contributed by atoms with Gasteiger partial charge in [0.1, 0.15) is 5.67 Å². The van der Waals surface area contributed by atoms with Crippen LogP contribution in [-0.4, -0.2) is 30.7 Å². The van der Waals surface area contributed by atoms with Gasteiger partial charge in [-0.15, -0.1) is 0 Å². The number of alkyl halides is 1. The van der Waals surface area contributed by atoms with Crippen molar-refractivity contribution in [2.24, 2.45) is 5.73 Å². The smallest absolute Gasteiger partial charge is 0.261 e. The largest absolute Gasteiger partial charge is 0.397 e. The number of hydrogen-bond donors (Lipinski definition) is 4. The molecule has 0 saturated heterocycles. The van der Waals surface area contributed by atoms with E-state index in [-0.39, 0.29) is 28.4 Å². The molecule has 0 radical (unpaired) electrons. The number of nitrogens with two attached hydrogens (primary N) is 2. The molecule has 0 fully saturated rings. The molecule has 2 unspecified atom stereocenters. The van der Waals surface area contributed by atoms with Gasteiger partial charge in [-0.2, -0.15) is 0 Å². The van der Waals surface area contributed by atoms with Crippen molar-refractivity contribution < 1.29 is 9.18 Å². The Morgan fingerprint density at radius 2 is 1.87 bits per heavy atom. The summed E-state index contributed by atoms with van der Waals surface area (Å²) in [6.45, 7) is 13.3. The molecule has 39 heavy (non-hydrogen) atoms. The molecule has 7 nitrogen and oxygen atoms in total. The summed E-state index contributed by atoms with van der Waals surface area (Å²) in [5.74, 6) is 0. The number of unbranched alkanes of at least 4 members (excludes halogenated alkanes) is 1. The molecule has 0 spiro atoms. The van der Waals surface area contributed by atoms with Gasteiger partial charge in [0, 0.05) is 25.0 Å². The topological polar surface area (TPSA) is 127 Å². The second kappa shape index (κ2) is 19.3. The van der Waals surface area contributed by atoms with Crippen LogP contribution in [0.4, 0.5) is 10.1 Å². The number of aromatic nitrogens is 1. The van der Waals surface area contributed by atoms with Crippen molar-refractivity contribution in [3.63, 3.8) is 0 Å². The van der Waals surface area contributed by atoms with Gasteiger partial charge in [-0.05, 0) is 62.4 Å². The van der Waals surface area contributed by atoms with E-state index < -0.39 is 5.67 Å². The summed E-state index contributed by atoms with van der Waals surface area (Å²) in [6, 6.07) is 5.95. The SMILES string of the molecule is CC.CC.CCC1(F)CCc2c(CNC)cccc21.CCCCC(CCN)n1cc(C=O)c(N)c(C=N)c1=O. The monoisotopic (exact) mass is 545 g/mol. The zero-order valence-electron chi connectivity index (χ0n) is 25.2. The number of halogens is 1. The number of hydrogen-bond acceptors (Lipinski definition) is 6. The highest BCUT2D eigenvalue weighted by atomic mass is 19.1. The van der Waals surface area contributed by atoms with E-state index in [9.17, 15) is 14.0 Å². The van der Waals surface area contributed by atoms with E-state index in [0.29, 0.717) is 32.1 Å². The molecule has 3 rings (SSSR count). The van der Waals surface area contributed by atoms with E-state index in [1.165, 1.54) is 21.9 Å². The van der Waals surface area contributed by atoms with Gasteiger partial charge >= 0.3 is 0 Å². The van der Waals surface area contributed by atoms with Crippen LogP contribution in [0.5, 0.6) is 0 Å². The van der Waals surface area contributed by atoms with Gasteiger partial charge < -0.3 is 26.8 Å². The Balaban J connectivity index is 0.000000674. The first-order chi connectivity index (χ1) is 18.8. The van der Waals surface area contributed by atoms with Crippen molar-refractivity contribution in [3.05, 3.63) is 62.6 Å². The number of carbonyl (C=O) groups is 1. The summed E-state index contributed by atoms with van der Waals surface area (Å²) >= 11 is 0. The molecule has 1 aromatic carbocycles. The maximum absolute atomic E-state index is 14.4. The number of carbonyl (C=O) groups excluding carboxylic acids is 1. The van der Waals surface area contributed by atoms with Crippen molar-refractivity contribution in [2.45, 2.75) is 105 Å². The highest BCUT2D eigenvalue weighted by molar-refractivity contribution is 5.93. The van der Waals surface area contributed by atoms with Crippen LogP contribution in [0.3, 0.4) is 0 Å². The fourth-order valence-electron chi connectivity index (χ4n) is 4.78. The summed E-state index contributed by atoms with van der Waals surface area (Å²) in [7, 11) is 1.93. The van der Waals surface area contributed by atoms with Crippen molar-refractivity contribution in [1.29, 1.82) is 5.41 Å². The van der Waals surface area contributed by atoms with Crippen molar-refractivity contribution in [1.82, 2.24) is 9.88 Å². The lowest BCUT2D eigenvalue weighted by atomic mass is 9.94. The molecule has 220 valence electrons. The van der Waals surface area contributed by atoms with Crippen LogP contribution in [0, 0.1) is 5.41 Å². The zero-order valence-corrected chi connectivity index (χ0v) is 25.2. The number of nitrogen functional groups attached to an aromatic ring is 1. The third-order valence-electron chi connectivity index (χ3n) is 6.85. The van der Waals surface area contributed by atoms with E-state index in [4.69, 9.17) is 16.9 Å². The maximum Gasteiger partial charge on any atom is 0.261 e. The van der Waals surface area contributed by atoms with Gasteiger partial charge in [-0.25, -0.2) is 4.39 Å². The minimum absolute atomic E-state index is 0.0631. The average Bonchev–Trinajstić information content (AvgIpc) is 3.32. The van der Waals surface area contributed by atoms with Gasteiger partial charge in [0.15, 0.2) is 6.29 Å². The van der Waals surface area contributed by atoms with Crippen molar-refractivity contribution >= 4 is 18.2 Å². The Morgan fingerprint density at radius 3 is 2.38 bits per heavy atom. The highest BCUT2D eigenvalue weighted by Crippen LogP contribution is 2.43. The van der Waals surface area contributed by atoms with Crippen LogP contribution in [-0.2, 0) is 18.6 Å². The molecule has 0 saturated carbocycles. The lowest BCUT2D eigenvalue weighted by Gasteiger charge is -2.21. The molecule has 2 aromatic rings. The third kappa shape index (κ3) is 9.39. The second-order valence-electron chi connectivity index (χ2n) is 9.05. The molecule has 0 amide bonds. The Hall–Kier alpha value is -2.84. The van der Waals surface area contributed by atoms with Crippen LogP contribution in [0.2, 0.25) is 0 Å². The number of anilines is 1. The van der Waals surface area contributed by atoms with Crippen molar-refractivity contribution in [2.75, 3.05) is 19.3 Å². The number of nitrogens with one attached hydrogen (secondary N) is 2. The van der Waals surface area contributed by atoms with Gasteiger partial charge in [0.05, 0.1) is 16.8 Å². The van der Waals surface area contributed by atoms with Gasteiger partial charge in [-0.1, -0.05) is 72.6 Å². The van der Waals surface area contributed by atoms with Crippen LogP contribution in [0.25, 0.3) is 0 Å². The number of fused-ring (bicyclic) bond motifs is 1. The minimum atomic E-state index is -1.07. The van der Waals surface area contributed by atoms with Crippen molar-refractivity contribution in [3.8, 4) is 0 Å². The van der Waals surface area contributed by atoms with Crippen LogP contribution in [0.1, 0.15) is 119 Å². The molecule has 1 aromatic heterocycles. The predicted molar refractivity (Wildman–Crippen MR) is 164 cm³/mol. The quantitative estimate of drug-likeness (QED) is 0.195. The minimum Gasteiger partial charge on any atom is -0.397 e. The molecule has 1 aliphatic rings. The molecular weight excluding hydrogens is 493 g/mol. The van der Waals surface area contributed by atoms with E-state index in [0.717, 1.165) is 44.0 Å². The summed E-state index contributed by atoms with van der Waals surface area (Å²) in [5.41, 5.74) is 13.7. The van der Waals surface area contributed by atoms with E-state index >= 15 is 0 Å². The standard InChI is InChI=1S/C14H22N4O2.C13H18FN.2C2H6/c1-2-3-4-11(5-6-15)18-8-10(9-19)13(17)12(7-16)14(18)20;1-3-13(14)8-7-11-10(9-15-2)5-4-6-12(11)13;2*1-2/h7-9,11,16H,2-6,15,17H2,1H3;4-6,15H,3,7-9H2,1-2H3;2*1-2H3. The number of aldehydes is 1. The Morgan fingerprint density at radius 1 is 1.21 bits per heavy atom. The maximum atomic E-state index is 14.4. The van der Waals surface area contributed by atoms with Crippen LogP contribution in [0.15, 0.2) is 29.2 Å². The fourth-order valence-corrected chi connectivity index (χ4v) is 4.78. The molecule has 0 bridgehead atoms. The van der Waals surface area contributed by atoms with E-state index in [2.05, 4.69) is 18.3 Å². The molecule has 8 heteroatoms. The van der Waals surface area contributed by atoms with Gasteiger partial charge in [0.25, 0.3) is 5.56 Å². The molecule has 1 aliphatic carbocycles. The van der Waals surface area contributed by atoms with Gasteiger partial charge in [-0.3, -0.25) is 9.59 Å². The fraction of sp³-hybridized carbons (Fsp3) is 0.581. The Kier molecular flexibility index (Phi) is 17.9. The number of rotatable bonds is 11. The first kappa shape index (κ1) is 36.2. The molecule has 0 aliphatic heterocycles. The predicted octanol–water partition coefficient (Wildman–Crippen LogP) is 6.30.